The quantitative estimate of drug-likeness (QED) is 0.617. The highest BCUT2D eigenvalue weighted by molar-refractivity contribution is 7.80. The molecule has 0 amide bonds. The van der Waals surface area contributed by atoms with E-state index in [2.05, 4.69) is 24.5 Å². The molecule has 0 aromatic carbocycles. The molecule has 0 fully saturated rings. The van der Waals surface area contributed by atoms with Crippen LogP contribution in [0.4, 0.5) is 0 Å². The van der Waals surface area contributed by atoms with Crippen LogP contribution in [-0.2, 0) is 4.74 Å². The van der Waals surface area contributed by atoms with Gasteiger partial charge in [0.05, 0.1) is 5.60 Å². The van der Waals surface area contributed by atoms with Gasteiger partial charge in [0.15, 0.2) is 5.11 Å². The number of hydrogen-bond donors (Lipinski definition) is 2. The standard InChI is InChI=1S/C7H16N2OS/c1-4-7(2,10-3)5-9-6(8)11/h4-5H2,1-3H3,(H3,8,9,11). The van der Waals surface area contributed by atoms with E-state index >= 15 is 0 Å². The Morgan fingerprint density at radius 2 is 2.27 bits per heavy atom. The second kappa shape index (κ2) is 4.51. The Hall–Kier alpha value is -0.350. The smallest absolute Gasteiger partial charge is 0.163 e. The van der Waals surface area contributed by atoms with Gasteiger partial charge in [0.1, 0.15) is 0 Å². The number of nitrogens with one attached hydrogen (secondary N) is 1. The summed E-state index contributed by atoms with van der Waals surface area (Å²) in [5.74, 6) is 0. The highest BCUT2D eigenvalue weighted by atomic mass is 32.1. The van der Waals surface area contributed by atoms with Crippen LogP contribution in [0.5, 0.6) is 0 Å². The molecule has 0 saturated carbocycles. The molecular weight excluding hydrogens is 160 g/mol. The van der Waals surface area contributed by atoms with E-state index < -0.39 is 0 Å². The summed E-state index contributed by atoms with van der Waals surface area (Å²) in [5.41, 5.74) is 5.11. The number of rotatable bonds is 4. The van der Waals surface area contributed by atoms with Crippen molar-refractivity contribution in [2.45, 2.75) is 25.9 Å². The fourth-order valence-corrected chi connectivity index (χ4v) is 0.688. The summed E-state index contributed by atoms with van der Waals surface area (Å²) < 4.78 is 5.26. The third kappa shape index (κ3) is 4.16. The van der Waals surface area contributed by atoms with Crippen molar-refractivity contribution in [1.82, 2.24) is 5.32 Å². The number of nitrogens with two attached hydrogens (primary N) is 1. The van der Waals surface area contributed by atoms with Gasteiger partial charge in [-0.25, -0.2) is 0 Å². The number of thiocarbonyl (C=S) groups is 1. The minimum atomic E-state index is -0.163. The molecule has 11 heavy (non-hydrogen) atoms. The summed E-state index contributed by atoms with van der Waals surface area (Å²) in [4.78, 5) is 0. The molecule has 0 aromatic heterocycles. The van der Waals surface area contributed by atoms with E-state index in [1.54, 1.807) is 7.11 Å². The summed E-state index contributed by atoms with van der Waals surface area (Å²) in [7, 11) is 1.69. The Balaban J connectivity index is 3.78. The van der Waals surface area contributed by atoms with E-state index in [-0.39, 0.29) is 5.60 Å². The Morgan fingerprint density at radius 3 is 2.55 bits per heavy atom. The molecule has 1 unspecified atom stereocenters. The first-order valence-corrected chi connectivity index (χ1v) is 4.03. The zero-order valence-corrected chi connectivity index (χ0v) is 8.12. The Kier molecular flexibility index (Phi) is 4.37. The summed E-state index contributed by atoms with van der Waals surface area (Å²) in [6, 6.07) is 0. The van der Waals surface area contributed by atoms with Crippen LogP contribution in [-0.4, -0.2) is 24.4 Å². The van der Waals surface area contributed by atoms with Gasteiger partial charge in [-0.3, -0.25) is 0 Å². The zero-order valence-electron chi connectivity index (χ0n) is 7.31. The molecule has 0 aromatic rings. The van der Waals surface area contributed by atoms with Gasteiger partial charge >= 0.3 is 0 Å². The van der Waals surface area contributed by atoms with Crippen LogP contribution in [0.25, 0.3) is 0 Å². The Labute approximate surface area is 73.3 Å². The third-order valence-electron chi connectivity index (χ3n) is 1.88. The molecule has 66 valence electrons. The Bertz CT molecular complexity index is 134. The van der Waals surface area contributed by atoms with E-state index in [0.717, 1.165) is 6.42 Å². The second-order valence-electron chi connectivity index (χ2n) is 2.73. The van der Waals surface area contributed by atoms with Crippen LogP contribution in [0, 0.1) is 0 Å². The second-order valence-corrected chi connectivity index (χ2v) is 3.17. The lowest BCUT2D eigenvalue weighted by Crippen LogP contribution is -2.43. The lowest BCUT2D eigenvalue weighted by molar-refractivity contribution is 0.00729. The predicted octanol–water partition coefficient (Wildman–Crippen LogP) is 0.635. The maximum Gasteiger partial charge on any atom is 0.163 e. The summed E-state index contributed by atoms with van der Waals surface area (Å²) in [6.45, 7) is 4.73. The summed E-state index contributed by atoms with van der Waals surface area (Å²) in [6.07, 6.45) is 0.930. The topological polar surface area (TPSA) is 47.3 Å². The summed E-state index contributed by atoms with van der Waals surface area (Å²) in [5, 5.41) is 3.19. The van der Waals surface area contributed by atoms with Crippen LogP contribution in [0.15, 0.2) is 0 Å². The van der Waals surface area contributed by atoms with Crippen molar-refractivity contribution in [2.24, 2.45) is 5.73 Å². The summed E-state index contributed by atoms with van der Waals surface area (Å²) >= 11 is 4.67. The van der Waals surface area contributed by atoms with Crippen molar-refractivity contribution < 1.29 is 4.74 Å². The average molecular weight is 176 g/mol. The molecule has 0 heterocycles. The van der Waals surface area contributed by atoms with Gasteiger partial charge in [-0.1, -0.05) is 6.92 Å². The molecule has 3 nitrogen and oxygen atoms in total. The molecule has 0 saturated heterocycles. The molecule has 3 N–H and O–H groups in total. The van der Waals surface area contributed by atoms with Gasteiger partial charge in [0.2, 0.25) is 0 Å². The van der Waals surface area contributed by atoms with Crippen molar-refractivity contribution in [3.8, 4) is 0 Å². The van der Waals surface area contributed by atoms with Crippen molar-refractivity contribution in [3.05, 3.63) is 0 Å². The van der Waals surface area contributed by atoms with E-state index in [0.29, 0.717) is 11.7 Å². The van der Waals surface area contributed by atoms with Crippen LogP contribution < -0.4 is 11.1 Å². The van der Waals surface area contributed by atoms with Gasteiger partial charge in [-0.15, -0.1) is 0 Å². The molecule has 0 aliphatic rings. The maximum atomic E-state index is 5.27. The third-order valence-corrected chi connectivity index (χ3v) is 2.02. The van der Waals surface area contributed by atoms with E-state index in [1.807, 2.05) is 6.92 Å². The molecule has 0 aliphatic heterocycles. The molecule has 4 heteroatoms. The van der Waals surface area contributed by atoms with E-state index in [9.17, 15) is 0 Å². The molecule has 1 atom stereocenters. The number of methoxy groups -OCH3 is 1. The lowest BCUT2D eigenvalue weighted by atomic mass is 10.0. The van der Waals surface area contributed by atoms with Gasteiger partial charge in [-0.2, -0.15) is 0 Å². The first kappa shape index (κ1) is 10.7. The van der Waals surface area contributed by atoms with Crippen molar-refractivity contribution in [2.75, 3.05) is 13.7 Å². The first-order valence-electron chi connectivity index (χ1n) is 3.62. The fraction of sp³-hybridized carbons (Fsp3) is 0.857. The predicted molar refractivity (Wildman–Crippen MR) is 50.5 cm³/mol. The van der Waals surface area contributed by atoms with Gasteiger partial charge in [0.25, 0.3) is 0 Å². The SMILES string of the molecule is CCC(C)(CNC(N)=S)OC. The largest absolute Gasteiger partial charge is 0.377 e. The van der Waals surface area contributed by atoms with E-state index in [1.165, 1.54) is 0 Å². The fourth-order valence-electron chi connectivity index (χ4n) is 0.616. The number of hydrogen-bond acceptors (Lipinski definition) is 2. The molecule has 0 radical (unpaired) electrons. The average Bonchev–Trinajstić information content (AvgIpc) is 2.00. The number of ether oxygens (including phenoxy) is 1. The molecule has 0 bridgehead atoms. The molecule has 0 spiro atoms. The van der Waals surface area contributed by atoms with Crippen molar-refractivity contribution in [3.63, 3.8) is 0 Å². The van der Waals surface area contributed by atoms with Crippen LogP contribution in [0.2, 0.25) is 0 Å². The molecule has 0 rings (SSSR count). The monoisotopic (exact) mass is 176 g/mol. The highest BCUT2D eigenvalue weighted by Gasteiger charge is 2.20. The van der Waals surface area contributed by atoms with E-state index in [4.69, 9.17) is 10.5 Å². The van der Waals surface area contributed by atoms with Crippen LogP contribution in [0.3, 0.4) is 0 Å². The minimum Gasteiger partial charge on any atom is -0.377 e. The Morgan fingerprint density at radius 1 is 1.73 bits per heavy atom. The van der Waals surface area contributed by atoms with Gasteiger partial charge < -0.3 is 15.8 Å². The van der Waals surface area contributed by atoms with Crippen molar-refractivity contribution in [1.29, 1.82) is 0 Å². The molecular formula is C7H16N2OS. The lowest BCUT2D eigenvalue weighted by Gasteiger charge is -2.26. The van der Waals surface area contributed by atoms with Gasteiger partial charge in [0, 0.05) is 13.7 Å². The van der Waals surface area contributed by atoms with Gasteiger partial charge in [-0.05, 0) is 25.6 Å². The first-order chi connectivity index (χ1) is 5.04. The maximum absolute atomic E-state index is 5.27. The van der Waals surface area contributed by atoms with Crippen LogP contribution in [0.1, 0.15) is 20.3 Å². The van der Waals surface area contributed by atoms with Crippen LogP contribution >= 0.6 is 12.2 Å². The minimum absolute atomic E-state index is 0.163. The molecule has 0 aliphatic carbocycles. The normalized spacial score (nSPS) is 15.5. The van der Waals surface area contributed by atoms with Crippen molar-refractivity contribution >= 4 is 17.3 Å². The zero-order chi connectivity index (χ0) is 8.91. The highest BCUT2D eigenvalue weighted by Crippen LogP contribution is 2.11.